The normalized spacial score (nSPS) is 10.1. The van der Waals surface area contributed by atoms with Gasteiger partial charge in [0.05, 0.1) is 5.56 Å². The van der Waals surface area contributed by atoms with Gasteiger partial charge in [-0.25, -0.2) is 4.98 Å². The number of nitrogens with zero attached hydrogens (tertiary/aromatic N) is 2. The van der Waals surface area contributed by atoms with Crippen molar-refractivity contribution in [3.8, 4) is 6.07 Å². The number of hydrogen-bond donors (Lipinski definition) is 0. The van der Waals surface area contributed by atoms with E-state index >= 15 is 0 Å². The molecule has 2 nitrogen and oxygen atoms in total. The van der Waals surface area contributed by atoms with Crippen molar-refractivity contribution in [2.24, 2.45) is 0 Å². The van der Waals surface area contributed by atoms with Gasteiger partial charge in [0, 0.05) is 17.0 Å². The number of rotatable bonds is 0. The Bertz CT molecular complexity index is 541. The molecule has 68 valence electrons. The summed E-state index contributed by atoms with van der Waals surface area (Å²) in [5.41, 5.74) is 1.67. The van der Waals surface area contributed by atoms with Gasteiger partial charge in [0.1, 0.15) is 11.2 Å². The van der Waals surface area contributed by atoms with Crippen LogP contribution in [-0.4, -0.2) is 4.98 Å². The summed E-state index contributed by atoms with van der Waals surface area (Å²) in [6, 6.07) is 7.89. The van der Waals surface area contributed by atoms with Crippen LogP contribution in [0.4, 0.5) is 0 Å². The number of aryl methyl sites for hydroxylation is 1. The molecule has 0 N–H and O–H groups in total. The molecule has 3 heteroatoms. The maximum Gasteiger partial charge on any atom is 0.136 e. The van der Waals surface area contributed by atoms with E-state index in [1.54, 1.807) is 0 Å². The number of halogens is 1. The zero-order valence-electron chi connectivity index (χ0n) is 7.58. The fourth-order valence-electron chi connectivity index (χ4n) is 1.41. The van der Waals surface area contributed by atoms with Crippen LogP contribution < -0.4 is 0 Å². The van der Waals surface area contributed by atoms with Crippen molar-refractivity contribution in [3.63, 3.8) is 0 Å². The van der Waals surface area contributed by atoms with E-state index in [9.17, 15) is 0 Å². The minimum absolute atomic E-state index is 0.444. The molecule has 0 aliphatic carbocycles. The van der Waals surface area contributed by atoms with Gasteiger partial charge in [-0.05, 0) is 13.0 Å². The highest BCUT2D eigenvalue weighted by Crippen LogP contribution is 2.24. The minimum atomic E-state index is 0.444. The molecule has 0 amide bonds. The average molecular weight is 203 g/mol. The third-order valence-corrected chi connectivity index (χ3v) is 2.42. The number of hydrogen-bond acceptors (Lipinski definition) is 2. The summed E-state index contributed by atoms with van der Waals surface area (Å²) in [5.74, 6) is 0. The summed E-state index contributed by atoms with van der Waals surface area (Å²) in [6.45, 7) is 1.98. The Kier molecular flexibility index (Phi) is 2.11. The smallest absolute Gasteiger partial charge is 0.136 e. The Morgan fingerprint density at radius 1 is 1.36 bits per heavy atom. The second kappa shape index (κ2) is 3.28. The highest BCUT2D eigenvalue weighted by molar-refractivity contribution is 6.34. The molecule has 0 aliphatic heterocycles. The number of aromatic nitrogens is 1. The Balaban J connectivity index is 2.94. The van der Waals surface area contributed by atoms with Gasteiger partial charge in [-0.3, -0.25) is 0 Å². The van der Waals surface area contributed by atoms with E-state index in [1.165, 1.54) is 6.20 Å². The van der Waals surface area contributed by atoms with E-state index in [2.05, 4.69) is 11.1 Å². The molecule has 0 saturated carbocycles. The third-order valence-electron chi connectivity index (χ3n) is 2.11. The average Bonchev–Trinajstić information content (AvgIpc) is 2.18. The Morgan fingerprint density at radius 3 is 2.86 bits per heavy atom. The van der Waals surface area contributed by atoms with Crippen LogP contribution in [0.3, 0.4) is 0 Å². The second-order valence-electron chi connectivity index (χ2n) is 3.12. The first-order valence-corrected chi connectivity index (χ1v) is 4.55. The quantitative estimate of drug-likeness (QED) is 0.616. The van der Waals surface area contributed by atoms with Crippen molar-refractivity contribution < 1.29 is 0 Å². The van der Waals surface area contributed by atoms with Crippen LogP contribution in [0.15, 0.2) is 24.4 Å². The highest BCUT2D eigenvalue weighted by atomic mass is 35.5. The van der Waals surface area contributed by atoms with Crippen molar-refractivity contribution in [3.05, 3.63) is 40.7 Å². The largest absolute Gasteiger partial charge is 0.243 e. The summed E-state index contributed by atoms with van der Waals surface area (Å²) in [5, 5.41) is 11.0. The molecule has 0 aliphatic rings. The van der Waals surface area contributed by atoms with Crippen LogP contribution in [0.1, 0.15) is 11.1 Å². The zero-order valence-corrected chi connectivity index (χ0v) is 8.34. The molecule has 0 atom stereocenters. The standard InChI is InChI=1S/C11H7ClN2/c1-7-2-3-9-10(4-7)8(5-13)6-14-11(9)12/h2-4,6H,1H3. The molecule has 0 saturated heterocycles. The molecule has 0 radical (unpaired) electrons. The molecule has 2 aromatic rings. The van der Waals surface area contributed by atoms with Crippen molar-refractivity contribution in [1.29, 1.82) is 5.26 Å². The summed E-state index contributed by atoms with van der Waals surface area (Å²) in [4.78, 5) is 3.95. The summed E-state index contributed by atoms with van der Waals surface area (Å²) >= 11 is 5.92. The molecule has 1 heterocycles. The molecule has 0 fully saturated rings. The number of fused-ring (bicyclic) bond motifs is 1. The van der Waals surface area contributed by atoms with Crippen LogP contribution in [0.5, 0.6) is 0 Å². The van der Waals surface area contributed by atoms with Gasteiger partial charge < -0.3 is 0 Å². The molecule has 1 aromatic heterocycles. The zero-order chi connectivity index (χ0) is 10.1. The fourth-order valence-corrected chi connectivity index (χ4v) is 1.62. The Morgan fingerprint density at radius 2 is 2.14 bits per heavy atom. The summed E-state index contributed by atoms with van der Waals surface area (Å²) in [7, 11) is 0. The molecule has 14 heavy (non-hydrogen) atoms. The summed E-state index contributed by atoms with van der Waals surface area (Å²) < 4.78 is 0. The lowest BCUT2D eigenvalue weighted by molar-refractivity contribution is 1.33. The van der Waals surface area contributed by atoms with E-state index in [4.69, 9.17) is 16.9 Å². The van der Waals surface area contributed by atoms with Gasteiger partial charge in [0.2, 0.25) is 0 Å². The van der Waals surface area contributed by atoms with E-state index in [-0.39, 0.29) is 0 Å². The van der Waals surface area contributed by atoms with Gasteiger partial charge in [-0.1, -0.05) is 29.3 Å². The van der Waals surface area contributed by atoms with Gasteiger partial charge in [0.25, 0.3) is 0 Å². The van der Waals surface area contributed by atoms with Crippen LogP contribution >= 0.6 is 11.6 Å². The van der Waals surface area contributed by atoms with E-state index in [1.807, 2.05) is 25.1 Å². The van der Waals surface area contributed by atoms with E-state index in [0.29, 0.717) is 10.7 Å². The lowest BCUT2D eigenvalue weighted by Crippen LogP contribution is -1.85. The predicted molar refractivity (Wildman–Crippen MR) is 56.2 cm³/mol. The first-order chi connectivity index (χ1) is 6.72. The fraction of sp³-hybridized carbons (Fsp3) is 0.0909. The van der Waals surface area contributed by atoms with Gasteiger partial charge in [-0.15, -0.1) is 0 Å². The van der Waals surface area contributed by atoms with Crippen LogP contribution in [0, 0.1) is 18.3 Å². The molecular formula is C11H7ClN2. The summed E-state index contributed by atoms with van der Waals surface area (Å²) in [6.07, 6.45) is 1.50. The van der Waals surface area contributed by atoms with Crippen molar-refractivity contribution in [2.45, 2.75) is 6.92 Å². The Labute approximate surface area is 86.8 Å². The molecular weight excluding hydrogens is 196 g/mol. The topological polar surface area (TPSA) is 36.7 Å². The maximum atomic E-state index is 8.88. The van der Waals surface area contributed by atoms with Gasteiger partial charge in [-0.2, -0.15) is 5.26 Å². The second-order valence-corrected chi connectivity index (χ2v) is 3.48. The van der Waals surface area contributed by atoms with Crippen LogP contribution in [0.2, 0.25) is 5.15 Å². The van der Waals surface area contributed by atoms with Crippen molar-refractivity contribution in [2.75, 3.05) is 0 Å². The SMILES string of the molecule is Cc1ccc2c(Cl)ncc(C#N)c2c1. The maximum absolute atomic E-state index is 8.88. The van der Waals surface area contributed by atoms with E-state index in [0.717, 1.165) is 16.3 Å². The first kappa shape index (κ1) is 8.98. The number of pyridine rings is 1. The number of benzene rings is 1. The molecule has 0 unspecified atom stereocenters. The van der Waals surface area contributed by atoms with Crippen LogP contribution in [0.25, 0.3) is 10.8 Å². The Hall–Kier alpha value is -1.59. The predicted octanol–water partition coefficient (Wildman–Crippen LogP) is 3.07. The van der Waals surface area contributed by atoms with Gasteiger partial charge >= 0.3 is 0 Å². The van der Waals surface area contributed by atoms with Crippen LogP contribution in [-0.2, 0) is 0 Å². The van der Waals surface area contributed by atoms with E-state index < -0.39 is 0 Å². The molecule has 0 bridgehead atoms. The van der Waals surface area contributed by atoms with Gasteiger partial charge in [0.15, 0.2) is 0 Å². The first-order valence-electron chi connectivity index (χ1n) is 4.17. The molecule has 2 rings (SSSR count). The lowest BCUT2D eigenvalue weighted by Gasteiger charge is -2.02. The lowest BCUT2D eigenvalue weighted by atomic mass is 10.1. The van der Waals surface area contributed by atoms with Crippen molar-refractivity contribution in [1.82, 2.24) is 4.98 Å². The minimum Gasteiger partial charge on any atom is -0.243 e. The number of nitriles is 1. The van der Waals surface area contributed by atoms with Crippen molar-refractivity contribution >= 4 is 22.4 Å². The molecule has 1 aromatic carbocycles. The monoisotopic (exact) mass is 202 g/mol. The molecule has 0 spiro atoms. The highest BCUT2D eigenvalue weighted by Gasteiger charge is 2.05. The third kappa shape index (κ3) is 1.32.